The van der Waals surface area contributed by atoms with Gasteiger partial charge in [-0.05, 0) is 31.9 Å². The van der Waals surface area contributed by atoms with Gasteiger partial charge >= 0.3 is 0 Å². The Kier molecular flexibility index (Phi) is 4.16. The lowest BCUT2D eigenvalue weighted by atomic mass is 10.2. The summed E-state index contributed by atoms with van der Waals surface area (Å²) in [5.41, 5.74) is 0. The molecule has 0 atom stereocenters. The van der Waals surface area contributed by atoms with Crippen LogP contribution in [0.1, 0.15) is 19.8 Å². The summed E-state index contributed by atoms with van der Waals surface area (Å²) in [5, 5.41) is 0. The molecule has 0 bridgehead atoms. The topological polar surface area (TPSA) is 18.5 Å². The van der Waals surface area contributed by atoms with E-state index in [1.54, 1.807) is 6.08 Å². The molecule has 0 saturated heterocycles. The number of hydrogen-bond donors (Lipinski definition) is 0. The van der Waals surface area contributed by atoms with Crippen LogP contribution in [0.3, 0.4) is 0 Å². The molecule has 2 heteroatoms. The second-order valence-corrected chi connectivity index (χ2v) is 2.76. The lowest BCUT2D eigenvalue weighted by Gasteiger charge is -2.17. The molecular weight excluding hydrogens is 164 g/mol. The van der Waals surface area contributed by atoms with Crippen LogP contribution in [0.25, 0.3) is 0 Å². The van der Waals surface area contributed by atoms with Gasteiger partial charge in [-0.3, -0.25) is 0 Å². The maximum Gasteiger partial charge on any atom is 0.160 e. The average Bonchev–Trinajstić information content (AvgIpc) is 2.19. The lowest BCUT2D eigenvalue weighted by molar-refractivity contribution is 0.146. The first-order valence-electron chi connectivity index (χ1n) is 4.67. The summed E-state index contributed by atoms with van der Waals surface area (Å²) in [5.74, 6) is 1.64. The molecule has 1 aliphatic rings. The predicted molar refractivity (Wildman–Crippen MR) is 53.2 cm³/mol. The zero-order valence-corrected chi connectivity index (χ0v) is 8.08. The van der Waals surface area contributed by atoms with E-state index in [-0.39, 0.29) is 0 Å². The van der Waals surface area contributed by atoms with Crippen molar-refractivity contribution >= 4 is 0 Å². The van der Waals surface area contributed by atoms with Crippen molar-refractivity contribution in [3.63, 3.8) is 0 Å². The van der Waals surface area contributed by atoms with E-state index in [4.69, 9.17) is 9.47 Å². The van der Waals surface area contributed by atoms with Gasteiger partial charge in [0.25, 0.3) is 0 Å². The number of hydrogen-bond acceptors (Lipinski definition) is 2. The normalized spacial score (nSPS) is 17.3. The summed E-state index contributed by atoms with van der Waals surface area (Å²) < 4.78 is 10.9. The van der Waals surface area contributed by atoms with Gasteiger partial charge in [0, 0.05) is 0 Å². The van der Waals surface area contributed by atoms with E-state index >= 15 is 0 Å². The van der Waals surface area contributed by atoms with Gasteiger partial charge in [-0.1, -0.05) is 12.7 Å². The largest absolute Gasteiger partial charge is 0.490 e. The summed E-state index contributed by atoms with van der Waals surface area (Å²) in [6, 6.07) is 0. The van der Waals surface area contributed by atoms with Crippen LogP contribution in [0.5, 0.6) is 0 Å². The Labute approximate surface area is 79.5 Å². The zero-order valence-electron chi connectivity index (χ0n) is 8.08. The van der Waals surface area contributed by atoms with Crippen LogP contribution in [0.15, 0.2) is 36.3 Å². The highest BCUT2D eigenvalue weighted by Gasteiger charge is 2.09. The summed E-state index contributed by atoms with van der Waals surface area (Å²) in [6.07, 6.45) is 7.77. The average molecular weight is 180 g/mol. The maximum absolute atomic E-state index is 5.47. The number of allylic oxidation sites excluding steroid dienone is 3. The molecule has 0 radical (unpaired) electrons. The minimum atomic E-state index is 0.653. The van der Waals surface area contributed by atoms with Crippen molar-refractivity contribution in [2.24, 2.45) is 0 Å². The highest BCUT2D eigenvalue weighted by molar-refractivity contribution is 5.24. The fourth-order valence-corrected chi connectivity index (χ4v) is 1.19. The smallest absolute Gasteiger partial charge is 0.160 e. The van der Waals surface area contributed by atoms with Crippen molar-refractivity contribution < 1.29 is 9.47 Å². The fraction of sp³-hybridized carbons (Fsp3) is 0.455. The van der Waals surface area contributed by atoms with E-state index in [1.807, 2.05) is 13.0 Å². The van der Waals surface area contributed by atoms with Crippen LogP contribution in [-0.2, 0) is 9.47 Å². The van der Waals surface area contributed by atoms with Crippen LogP contribution in [0.4, 0.5) is 0 Å². The van der Waals surface area contributed by atoms with E-state index in [2.05, 4.69) is 12.7 Å². The van der Waals surface area contributed by atoms with Gasteiger partial charge in [0.1, 0.15) is 0 Å². The first kappa shape index (κ1) is 9.90. The van der Waals surface area contributed by atoms with E-state index in [9.17, 15) is 0 Å². The van der Waals surface area contributed by atoms with Crippen LogP contribution >= 0.6 is 0 Å². The Hall–Kier alpha value is -1.18. The Bertz CT molecular complexity index is 226. The van der Waals surface area contributed by atoms with Gasteiger partial charge in [0.15, 0.2) is 11.5 Å². The van der Waals surface area contributed by atoms with Gasteiger partial charge in [-0.2, -0.15) is 0 Å². The summed E-state index contributed by atoms with van der Waals surface area (Å²) in [7, 11) is 0. The highest BCUT2D eigenvalue weighted by atomic mass is 16.5. The molecule has 0 unspecified atom stereocenters. The van der Waals surface area contributed by atoms with Crippen molar-refractivity contribution in [1.29, 1.82) is 0 Å². The molecule has 0 aromatic carbocycles. The van der Waals surface area contributed by atoms with E-state index < -0.39 is 0 Å². The maximum atomic E-state index is 5.47. The molecule has 0 N–H and O–H groups in total. The Morgan fingerprint density at radius 3 is 3.15 bits per heavy atom. The Morgan fingerprint density at radius 2 is 2.62 bits per heavy atom. The van der Waals surface area contributed by atoms with Crippen LogP contribution < -0.4 is 0 Å². The summed E-state index contributed by atoms with van der Waals surface area (Å²) >= 11 is 0. The molecule has 13 heavy (non-hydrogen) atoms. The van der Waals surface area contributed by atoms with Crippen molar-refractivity contribution in [2.45, 2.75) is 19.8 Å². The molecule has 72 valence electrons. The molecule has 1 rings (SSSR count). The second-order valence-electron chi connectivity index (χ2n) is 2.76. The predicted octanol–water partition coefficient (Wildman–Crippen LogP) is 2.79. The van der Waals surface area contributed by atoms with Gasteiger partial charge < -0.3 is 9.47 Å². The summed E-state index contributed by atoms with van der Waals surface area (Å²) in [6.45, 7) is 7.04. The highest BCUT2D eigenvalue weighted by Crippen LogP contribution is 2.19. The minimum absolute atomic E-state index is 0.653. The molecule has 0 fully saturated rings. The third-order valence-corrected chi connectivity index (χ3v) is 1.75. The standard InChI is InChI=1S/C11H16O2/c1-3-7-10(12-4-2)11-8-5-6-9-13-11/h3,7-8H,1,4-6,9H2,2H3/b10-7+. The first-order valence-corrected chi connectivity index (χ1v) is 4.67. The quantitative estimate of drug-likeness (QED) is 0.489. The molecule has 2 nitrogen and oxygen atoms in total. The van der Waals surface area contributed by atoms with Crippen molar-refractivity contribution in [3.05, 3.63) is 36.3 Å². The SMILES string of the molecule is C=C/C=C(/OCC)C1=CCCCO1. The molecule has 0 saturated carbocycles. The molecule has 1 heterocycles. The minimum Gasteiger partial charge on any atom is -0.490 e. The van der Waals surface area contributed by atoms with E-state index in [0.717, 1.165) is 31.0 Å². The van der Waals surface area contributed by atoms with Crippen molar-refractivity contribution in [1.82, 2.24) is 0 Å². The zero-order chi connectivity index (χ0) is 9.52. The van der Waals surface area contributed by atoms with Crippen LogP contribution in [-0.4, -0.2) is 13.2 Å². The monoisotopic (exact) mass is 180 g/mol. The van der Waals surface area contributed by atoms with Crippen LogP contribution in [0.2, 0.25) is 0 Å². The van der Waals surface area contributed by atoms with Crippen molar-refractivity contribution in [3.8, 4) is 0 Å². The number of ether oxygens (including phenoxy) is 2. The molecular formula is C11H16O2. The third-order valence-electron chi connectivity index (χ3n) is 1.75. The fourth-order valence-electron chi connectivity index (χ4n) is 1.19. The van der Waals surface area contributed by atoms with Gasteiger partial charge in [0.05, 0.1) is 13.2 Å². The van der Waals surface area contributed by atoms with Crippen molar-refractivity contribution in [2.75, 3.05) is 13.2 Å². The molecule has 1 aliphatic heterocycles. The third kappa shape index (κ3) is 2.98. The molecule has 0 amide bonds. The Morgan fingerprint density at radius 1 is 1.77 bits per heavy atom. The lowest BCUT2D eigenvalue weighted by Crippen LogP contribution is -2.05. The first-order chi connectivity index (χ1) is 6.38. The van der Waals surface area contributed by atoms with E-state index in [0.29, 0.717) is 6.61 Å². The summed E-state index contributed by atoms with van der Waals surface area (Å²) in [4.78, 5) is 0. The van der Waals surface area contributed by atoms with E-state index in [1.165, 1.54) is 0 Å². The molecule has 0 aromatic heterocycles. The molecule has 0 aromatic rings. The second kappa shape index (κ2) is 5.46. The molecule has 0 aliphatic carbocycles. The number of rotatable bonds is 4. The van der Waals surface area contributed by atoms with Gasteiger partial charge in [-0.15, -0.1) is 0 Å². The molecule has 0 spiro atoms. The van der Waals surface area contributed by atoms with Gasteiger partial charge in [0.2, 0.25) is 0 Å². The van der Waals surface area contributed by atoms with Crippen LogP contribution in [0, 0.1) is 0 Å². The Balaban J connectivity index is 2.67. The van der Waals surface area contributed by atoms with Gasteiger partial charge in [-0.25, -0.2) is 0 Å².